The third kappa shape index (κ3) is 6.43. The molecule has 3 aromatic rings. The van der Waals surface area contributed by atoms with Crippen molar-refractivity contribution in [1.82, 2.24) is 10.2 Å². The topological polar surface area (TPSA) is 90.5 Å². The van der Waals surface area contributed by atoms with E-state index in [-0.39, 0.29) is 35.9 Å². The summed E-state index contributed by atoms with van der Waals surface area (Å²) in [5.41, 5.74) is 6.86. The first-order chi connectivity index (χ1) is 14.7. The largest absolute Gasteiger partial charge is 0.489 e. The second kappa shape index (κ2) is 11.4. The molecule has 1 heterocycles. The van der Waals surface area contributed by atoms with Crippen molar-refractivity contribution in [3.63, 3.8) is 0 Å². The van der Waals surface area contributed by atoms with Crippen LogP contribution in [-0.2, 0) is 0 Å². The van der Waals surface area contributed by atoms with E-state index < -0.39 is 18.0 Å². The summed E-state index contributed by atoms with van der Waals surface area (Å²) in [6.07, 6.45) is -0.777. The van der Waals surface area contributed by atoms with E-state index in [1.165, 1.54) is 30.4 Å². The number of aliphatic hydroxyl groups is 1. The van der Waals surface area contributed by atoms with Gasteiger partial charge < -0.3 is 20.3 Å². The van der Waals surface area contributed by atoms with Crippen LogP contribution in [0.3, 0.4) is 0 Å². The van der Waals surface area contributed by atoms with Crippen LogP contribution in [0.5, 0.6) is 11.5 Å². The zero-order valence-corrected chi connectivity index (χ0v) is 20.7. The maximum Gasteiger partial charge on any atom is 0.165 e. The van der Waals surface area contributed by atoms with Gasteiger partial charge in [0.25, 0.3) is 0 Å². The van der Waals surface area contributed by atoms with Crippen molar-refractivity contribution in [1.29, 1.82) is 0 Å². The lowest BCUT2D eigenvalue weighted by Crippen LogP contribution is -2.38. The molecule has 0 unspecified atom stereocenters. The average molecular weight is 523 g/mol. The van der Waals surface area contributed by atoms with Crippen LogP contribution < -0.4 is 15.2 Å². The maximum absolute atomic E-state index is 14.5. The molecular weight excluding hydrogens is 500 g/mol. The number of ether oxygens (including phenoxy) is 2. The fourth-order valence-electron chi connectivity index (χ4n) is 2.56. The van der Waals surface area contributed by atoms with Gasteiger partial charge >= 0.3 is 0 Å². The van der Waals surface area contributed by atoms with Gasteiger partial charge in [0.15, 0.2) is 11.6 Å². The molecule has 6 nitrogen and oxygen atoms in total. The minimum atomic E-state index is -0.780. The summed E-state index contributed by atoms with van der Waals surface area (Å²) in [6, 6.07) is 7.30. The van der Waals surface area contributed by atoms with Gasteiger partial charge in [-0.25, -0.2) is 4.39 Å². The number of benzene rings is 2. The molecule has 0 amide bonds. The molecule has 0 fully saturated rings. The highest BCUT2D eigenvalue weighted by Crippen LogP contribution is 2.38. The number of aromatic nitrogens is 2. The molecule has 0 spiro atoms. The summed E-state index contributed by atoms with van der Waals surface area (Å²) in [7, 11) is 0. The Morgan fingerprint density at radius 1 is 1.06 bits per heavy atom. The fraction of sp³-hybridized carbons (Fsp3) is 0.333. The van der Waals surface area contributed by atoms with Crippen molar-refractivity contribution in [3.05, 3.63) is 46.2 Å². The molecule has 0 aliphatic rings. The Morgan fingerprint density at radius 2 is 1.75 bits per heavy atom. The van der Waals surface area contributed by atoms with E-state index in [0.29, 0.717) is 26.4 Å². The monoisotopic (exact) mass is 521 g/mol. The first-order valence-corrected chi connectivity index (χ1v) is 11.1. The third-order valence-corrected chi connectivity index (χ3v) is 5.88. The minimum absolute atomic E-state index is 0. The summed E-state index contributed by atoms with van der Waals surface area (Å²) < 4.78 is 25.5. The summed E-state index contributed by atoms with van der Waals surface area (Å²) in [5.74, 6) is -0.0875. The number of nitrogens with zero attached hydrogens (tertiary/aromatic N) is 2. The zero-order chi connectivity index (χ0) is 22.7. The predicted molar refractivity (Wildman–Crippen MR) is 129 cm³/mol. The van der Waals surface area contributed by atoms with E-state index >= 15 is 0 Å². The fourth-order valence-corrected chi connectivity index (χ4v) is 3.95. The molecule has 1 aromatic heterocycles. The van der Waals surface area contributed by atoms with Crippen molar-refractivity contribution in [3.8, 4) is 32.6 Å². The average Bonchev–Trinajstić information content (AvgIpc) is 3.19. The third-order valence-electron chi connectivity index (χ3n) is 4.27. The molecule has 2 aromatic carbocycles. The lowest BCUT2D eigenvalue weighted by atomic mass is 10.2. The Bertz CT molecular complexity index is 1070. The SMILES string of the molecule is CC(C)Oc1ccc(-c2nnc(-c3cc(F)c(OC[C@@H](N)[C@@H](C)O)cc3Cl)s2)cc1Cl.Cl. The van der Waals surface area contributed by atoms with Gasteiger partial charge in [-0.05, 0) is 45.0 Å². The van der Waals surface area contributed by atoms with Crippen molar-refractivity contribution in [2.24, 2.45) is 5.73 Å². The van der Waals surface area contributed by atoms with Crippen LogP contribution in [0.1, 0.15) is 20.8 Å². The molecule has 174 valence electrons. The van der Waals surface area contributed by atoms with E-state index in [0.717, 1.165) is 5.56 Å². The number of rotatable bonds is 8. The van der Waals surface area contributed by atoms with Crippen molar-refractivity contribution in [2.45, 2.75) is 39.0 Å². The van der Waals surface area contributed by atoms with Gasteiger partial charge in [-0.15, -0.1) is 22.6 Å². The summed E-state index contributed by atoms with van der Waals surface area (Å²) in [6.45, 7) is 5.32. The summed E-state index contributed by atoms with van der Waals surface area (Å²) in [5, 5.41) is 19.5. The smallest absolute Gasteiger partial charge is 0.165 e. The van der Waals surface area contributed by atoms with Crippen LogP contribution in [0.15, 0.2) is 30.3 Å². The highest BCUT2D eigenvalue weighted by molar-refractivity contribution is 7.18. The highest BCUT2D eigenvalue weighted by Gasteiger charge is 2.18. The van der Waals surface area contributed by atoms with Gasteiger partial charge in [0.05, 0.1) is 28.3 Å². The zero-order valence-electron chi connectivity index (χ0n) is 17.5. The van der Waals surface area contributed by atoms with Crippen molar-refractivity contribution < 1.29 is 19.0 Å². The molecule has 0 bridgehead atoms. The Kier molecular flexibility index (Phi) is 9.51. The van der Waals surface area contributed by atoms with Gasteiger partial charge in [-0.3, -0.25) is 0 Å². The Balaban J connectivity index is 0.00000363. The number of hydrogen-bond acceptors (Lipinski definition) is 7. The Hall–Kier alpha value is -1.68. The molecule has 3 rings (SSSR count). The molecule has 0 radical (unpaired) electrons. The van der Waals surface area contributed by atoms with E-state index in [2.05, 4.69) is 10.2 Å². The first kappa shape index (κ1) is 26.6. The van der Waals surface area contributed by atoms with Gasteiger partial charge in [0.1, 0.15) is 22.4 Å². The molecule has 0 saturated carbocycles. The summed E-state index contributed by atoms with van der Waals surface area (Å²) >= 11 is 13.9. The number of halogens is 4. The van der Waals surface area contributed by atoms with Gasteiger partial charge in [0.2, 0.25) is 0 Å². The molecular formula is C21H23Cl3FN3O3S. The van der Waals surface area contributed by atoms with E-state index in [4.69, 9.17) is 38.4 Å². The van der Waals surface area contributed by atoms with Crippen molar-refractivity contribution in [2.75, 3.05) is 6.61 Å². The first-order valence-electron chi connectivity index (χ1n) is 9.51. The lowest BCUT2D eigenvalue weighted by Gasteiger charge is -2.16. The second-order valence-electron chi connectivity index (χ2n) is 7.20. The highest BCUT2D eigenvalue weighted by atomic mass is 35.5. The predicted octanol–water partition coefficient (Wildman–Crippen LogP) is 5.61. The maximum atomic E-state index is 14.5. The van der Waals surface area contributed by atoms with Crippen LogP contribution in [0.2, 0.25) is 10.0 Å². The standard InChI is InChI=1S/C21H22Cl2FN3O3S.ClH/c1-10(2)30-18-5-4-12(6-15(18)23)20-26-27-21(31-20)13-7-16(24)19(8-14(13)22)29-9-17(25)11(3)28;/h4-8,10-11,17,28H,9,25H2,1-3H3;1H/t11-,17-;/m1./s1. The number of nitrogens with two attached hydrogens (primary N) is 1. The van der Waals surface area contributed by atoms with E-state index in [9.17, 15) is 9.50 Å². The lowest BCUT2D eigenvalue weighted by molar-refractivity contribution is 0.129. The quantitative estimate of drug-likeness (QED) is 0.399. The van der Waals surface area contributed by atoms with Crippen molar-refractivity contribution >= 4 is 46.9 Å². The van der Waals surface area contributed by atoms with Crippen LogP contribution in [0.25, 0.3) is 21.1 Å². The molecule has 0 saturated heterocycles. The van der Waals surface area contributed by atoms with Gasteiger partial charge in [-0.1, -0.05) is 34.5 Å². The molecule has 32 heavy (non-hydrogen) atoms. The van der Waals surface area contributed by atoms with Crippen LogP contribution in [0.4, 0.5) is 4.39 Å². The van der Waals surface area contributed by atoms with Crippen LogP contribution in [-0.4, -0.2) is 40.2 Å². The Labute approximate surface area is 205 Å². The van der Waals surface area contributed by atoms with Gasteiger partial charge in [-0.2, -0.15) is 0 Å². The molecule has 0 aliphatic carbocycles. The molecule has 3 N–H and O–H groups in total. The summed E-state index contributed by atoms with van der Waals surface area (Å²) in [4.78, 5) is 0. The number of aliphatic hydroxyl groups excluding tert-OH is 1. The second-order valence-corrected chi connectivity index (χ2v) is 8.99. The van der Waals surface area contributed by atoms with Gasteiger partial charge in [0, 0.05) is 17.2 Å². The molecule has 11 heteroatoms. The van der Waals surface area contributed by atoms with E-state index in [1.54, 1.807) is 12.1 Å². The number of hydrogen-bond donors (Lipinski definition) is 2. The molecule has 2 atom stereocenters. The molecule has 0 aliphatic heterocycles. The van der Waals surface area contributed by atoms with E-state index in [1.807, 2.05) is 19.9 Å². The van der Waals surface area contributed by atoms with Crippen LogP contribution in [0, 0.1) is 5.82 Å². The normalized spacial score (nSPS) is 12.9. The van der Waals surface area contributed by atoms with Crippen LogP contribution >= 0.6 is 46.9 Å². The minimum Gasteiger partial charge on any atom is -0.489 e. The Morgan fingerprint density at radius 3 is 2.38 bits per heavy atom.